The van der Waals surface area contributed by atoms with Crippen molar-refractivity contribution in [2.75, 3.05) is 21.0 Å². The number of nitrogens with zero attached hydrogens (tertiary/aromatic N) is 1. The number of ether oxygens (including phenoxy) is 5. The van der Waals surface area contributed by atoms with Gasteiger partial charge in [-0.3, -0.25) is 4.57 Å². The zero-order valence-corrected chi connectivity index (χ0v) is 18.9. The van der Waals surface area contributed by atoms with Gasteiger partial charge in [0.05, 0.1) is 31.8 Å². The molecule has 0 fully saturated rings. The van der Waals surface area contributed by atoms with Crippen LogP contribution in [-0.4, -0.2) is 41.6 Å². The summed E-state index contributed by atoms with van der Waals surface area (Å²) in [5.41, 5.74) is 2.29. The number of rotatable bonds is 8. The van der Waals surface area contributed by atoms with Crippen LogP contribution < -0.4 is 29.4 Å². The average Bonchev–Trinajstić information content (AvgIpc) is 3.45. The highest BCUT2D eigenvalue weighted by Gasteiger charge is 2.28. The smallest absolute Gasteiger partial charge is 0.349 e. The summed E-state index contributed by atoms with van der Waals surface area (Å²) in [6.07, 6.45) is -1.37. The number of aliphatic carboxylic acids is 1. The van der Waals surface area contributed by atoms with Crippen LogP contribution in [0.5, 0.6) is 28.7 Å². The Kier molecular flexibility index (Phi) is 5.69. The molecule has 0 radical (unpaired) electrons. The van der Waals surface area contributed by atoms with E-state index in [4.69, 9.17) is 23.7 Å². The van der Waals surface area contributed by atoms with Gasteiger partial charge in [-0.05, 0) is 42.0 Å². The molecular weight excluding hydrogens is 456 g/mol. The maximum atomic E-state index is 12.5. The first-order valence-electron chi connectivity index (χ1n) is 10.7. The first-order chi connectivity index (χ1) is 17.0. The Balaban J connectivity index is 1.51. The van der Waals surface area contributed by atoms with Crippen LogP contribution in [0.4, 0.5) is 0 Å². The number of hydrogen-bond acceptors (Lipinski definition) is 7. The minimum Gasteiger partial charge on any atom is -0.493 e. The lowest BCUT2D eigenvalue weighted by atomic mass is 10.1. The summed E-state index contributed by atoms with van der Waals surface area (Å²) < 4.78 is 29.2. The summed E-state index contributed by atoms with van der Waals surface area (Å²) in [6, 6.07) is 15.5. The second-order valence-electron chi connectivity index (χ2n) is 7.81. The minimum absolute atomic E-state index is 0.0694. The van der Waals surface area contributed by atoms with Crippen molar-refractivity contribution < 1.29 is 33.6 Å². The number of methoxy groups -OCH3 is 2. The lowest BCUT2D eigenvalue weighted by molar-refractivity contribution is -0.145. The van der Waals surface area contributed by atoms with E-state index in [-0.39, 0.29) is 36.3 Å². The SMILES string of the molecule is COc1cc(Cn2c(=O)[nH]c3ccccc32)cc(OC)c1OC(C(=O)O)c1ccc2c(c1)OCO2. The van der Waals surface area contributed by atoms with Crippen LogP contribution in [0, 0.1) is 0 Å². The normalized spacial score (nSPS) is 13.0. The molecule has 180 valence electrons. The van der Waals surface area contributed by atoms with Gasteiger partial charge in [0.2, 0.25) is 18.6 Å². The third-order valence-corrected chi connectivity index (χ3v) is 5.70. The summed E-state index contributed by atoms with van der Waals surface area (Å²) in [6.45, 7) is 0.306. The van der Waals surface area contributed by atoms with Crippen molar-refractivity contribution in [3.8, 4) is 28.7 Å². The quantitative estimate of drug-likeness (QED) is 0.396. The second kappa shape index (κ2) is 8.98. The Hall–Kier alpha value is -4.60. The lowest BCUT2D eigenvalue weighted by Crippen LogP contribution is -2.19. The van der Waals surface area contributed by atoms with E-state index in [0.29, 0.717) is 22.6 Å². The molecule has 0 bridgehead atoms. The van der Waals surface area contributed by atoms with E-state index in [1.54, 1.807) is 34.9 Å². The largest absolute Gasteiger partial charge is 0.493 e. The van der Waals surface area contributed by atoms with Gasteiger partial charge in [0.25, 0.3) is 0 Å². The Morgan fingerprint density at radius 3 is 2.49 bits per heavy atom. The van der Waals surface area contributed by atoms with E-state index in [9.17, 15) is 14.7 Å². The molecule has 0 saturated carbocycles. The predicted molar refractivity (Wildman–Crippen MR) is 125 cm³/mol. The van der Waals surface area contributed by atoms with Crippen molar-refractivity contribution in [1.82, 2.24) is 9.55 Å². The Bertz CT molecular complexity index is 1450. The fourth-order valence-corrected chi connectivity index (χ4v) is 4.04. The molecule has 0 amide bonds. The van der Waals surface area contributed by atoms with Gasteiger partial charge in [-0.1, -0.05) is 18.2 Å². The van der Waals surface area contributed by atoms with Crippen LogP contribution >= 0.6 is 0 Å². The third kappa shape index (κ3) is 4.10. The number of imidazole rings is 1. The first kappa shape index (κ1) is 22.2. The minimum atomic E-state index is -1.37. The maximum Gasteiger partial charge on any atom is 0.349 e. The molecule has 10 nitrogen and oxygen atoms in total. The third-order valence-electron chi connectivity index (χ3n) is 5.70. The summed E-state index contributed by atoms with van der Waals surface area (Å²) in [5, 5.41) is 9.90. The molecule has 0 spiro atoms. The molecule has 4 aromatic rings. The molecule has 1 aliphatic heterocycles. The maximum absolute atomic E-state index is 12.5. The van der Waals surface area contributed by atoms with Gasteiger partial charge in [0.15, 0.2) is 23.0 Å². The Morgan fingerprint density at radius 1 is 1.06 bits per heavy atom. The number of hydrogen-bond donors (Lipinski definition) is 2. The number of H-pyrrole nitrogens is 1. The van der Waals surface area contributed by atoms with Crippen molar-refractivity contribution in [3.63, 3.8) is 0 Å². The van der Waals surface area contributed by atoms with Gasteiger partial charge in [-0.2, -0.15) is 0 Å². The van der Waals surface area contributed by atoms with Crippen LogP contribution in [0.3, 0.4) is 0 Å². The molecule has 2 N–H and O–H groups in total. The van der Waals surface area contributed by atoms with Crippen LogP contribution in [0.1, 0.15) is 17.2 Å². The van der Waals surface area contributed by atoms with Gasteiger partial charge in [-0.25, -0.2) is 9.59 Å². The number of para-hydroxylation sites is 2. The zero-order chi connectivity index (χ0) is 24.5. The number of fused-ring (bicyclic) bond motifs is 2. The number of carbonyl (C=O) groups is 1. The fraction of sp³-hybridized carbons (Fsp3) is 0.200. The lowest BCUT2D eigenvalue weighted by Gasteiger charge is -2.21. The highest BCUT2D eigenvalue weighted by Crippen LogP contribution is 2.42. The standard InChI is InChI=1S/C25H22N2O8/c1-31-20-9-14(12-27-17-6-4-3-5-16(17)26-25(27)30)10-21(32-2)23(20)35-22(24(28)29)15-7-8-18-19(11-15)34-13-33-18/h3-11,22H,12-13H2,1-2H3,(H,26,30)(H,28,29). The molecule has 1 atom stereocenters. The van der Waals surface area contributed by atoms with Gasteiger partial charge in [-0.15, -0.1) is 0 Å². The second-order valence-corrected chi connectivity index (χ2v) is 7.81. The van der Waals surface area contributed by atoms with E-state index in [1.165, 1.54) is 14.2 Å². The topological polar surface area (TPSA) is 121 Å². The van der Waals surface area contributed by atoms with Crippen molar-refractivity contribution in [2.45, 2.75) is 12.6 Å². The number of carboxylic acid groups (broad SMARTS) is 1. The van der Waals surface area contributed by atoms with Crippen LogP contribution in [-0.2, 0) is 11.3 Å². The number of nitrogens with one attached hydrogen (secondary N) is 1. The fourth-order valence-electron chi connectivity index (χ4n) is 4.04. The molecule has 1 aliphatic rings. The highest BCUT2D eigenvalue weighted by atomic mass is 16.7. The zero-order valence-electron chi connectivity index (χ0n) is 18.9. The molecule has 1 aromatic heterocycles. The van der Waals surface area contributed by atoms with Gasteiger partial charge >= 0.3 is 11.7 Å². The van der Waals surface area contributed by atoms with Crippen LogP contribution in [0.15, 0.2) is 59.4 Å². The monoisotopic (exact) mass is 478 g/mol. The first-order valence-corrected chi connectivity index (χ1v) is 10.7. The van der Waals surface area contributed by atoms with Crippen molar-refractivity contribution in [2.24, 2.45) is 0 Å². The summed E-state index contributed by atoms with van der Waals surface area (Å²) in [5.74, 6) is 0.414. The Labute approximate surface area is 199 Å². The molecular formula is C25H22N2O8. The molecule has 35 heavy (non-hydrogen) atoms. The molecule has 3 aromatic carbocycles. The van der Waals surface area contributed by atoms with E-state index in [2.05, 4.69) is 4.98 Å². The molecule has 0 saturated heterocycles. The summed E-state index contributed by atoms with van der Waals surface area (Å²) in [7, 11) is 2.89. The Morgan fingerprint density at radius 2 is 1.77 bits per heavy atom. The highest BCUT2D eigenvalue weighted by molar-refractivity contribution is 5.76. The van der Waals surface area contributed by atoms with Crippen LogP contribution in [0.25, 0.3) is 11.0 Å². The van der Waals surface area contributed by atoms with Crippen molar-refractivity contribution >= 4 is 17.0 Å². The predicted octanol–water partition coefficient (Wildman–Crippen LogP) is 3.33. The molecule has 5 rings (SSSR count). The molecule has 10 heteroatoms. The molecule has 0 aliphatic carbocycles. The molecule has 1 unspecified atom stereocenters. The van der Waals surface area contributed by atoms with E-state index < -0.39 is 12.1 Å². The van der Waals surface area contributed by atoms with Crippen molar-refractivity contribution in [1.29, 1.82) is 0 Å². The number of benzene rings is 3. The summed E-state index contributed by atoms with van der Waals surface area (Å²) in [4.78, 5) is 27.5. The van der Waals surface area contributed by atoms with E-state index in [1.807, 2.05) is 24.3 Å². The number of aromatic amines is 1. The molecule has 2 heterocycles. The van der Waals surface area contributed by atoms with E-state index >= 15 is 0 Å². The number of carboxylic acids is 1. The number of aromatic nitrogens is 2. The van der Waals surface area contributed by atoms with Gasteiger partial charge < -0.3 is 33.8 Å². The average molecular weight is 478 g/mol. The van der Waals surface area contributed by atoms with Crippen LogP contribution in [0.2, 0.25) is 0 Å². The van der Waals surface area contributed by atoms with Crippen molar-refractivity contribution in [3.05, 3.63) is 76.2 Å². The van der Waals surface area contributed by atoms with E-state index in [0.717, 1.165) is 11.0 Å². The summed E-state index contributed by atoms with van der Waals surface area (Å²) >= 11 is 0. The van der Waals surface area contributed by atoms with Gasteiger partial charge in [0.1, 0.15) is 0 Å². The van der Waals surface area contributed by atoms with Gasteiger partial charge in [0, 0.05) is 5.56 Å².